The summed E-state index contributed by atoms with van der Waals surface area (Å²) >= 11 is 0. The van der Waals surface area contributed by atoms with E-state index in [0.29, 0.717) is 6.42 Å². The van der Waals surface area contributed by atoms with E-state index in [9.17, 15) is 4.79 Å². The van der Waals surface area contributed by atoms with Crippen LogP contribution in [0.5, 0.6) is 0 Å². The molecule has 92 valence electrons. The normalized spacial score (nSPS) is 10.3. The Balaban J connectivity index is 2.00. The van der Waals surface area contributed by atoms with Gasteiger partial charge in [-0.25, -0.2) is 0 Å². The van der Waals surface area contributed by atoms with Crippen LogP contribution in [0.1, 0.15) is 33.5 Å². The van der Waals surface area contributed by atoms with Gasteiger partial charge >= 0.3 is 0 Å². The molecule has 1 nitrogen and oxygen atoms in total. The fourth-order valence-corrected chi connectivity index (χ4v) is 2.09. The van der Waals surface area contributed by atoms with Crippen molar-refractivity contribution >= 4 is 5.78 Å². The Hall–Kier alpha value is -1.89. The number of carbonyl (C=O) groups is 1. The molecule has 1 heteroatoms. The summed E-state index contributed by atoms with van der Waals surface area (Å²) in [6.45, 7) is 4.09. The molecule has 2 aromatic rings. The maximum Gasteiger partial charge on any atom is 0.163 e. The van der Waals surface area contributed by atoms with Crippen molar-refractivity contribution in [2.24, 2.45) is 0 Å². The Morgan fingerprint density at radius 2 is 1.61 bits per heavy atom. The largest absolute Gasteiger partial charge is 0.294 e. The summed E-state index contributed by atoms with van der Waals surface area (Å²) in [6.07, 6.45) is 1.39. The summed E-state index contributed by atoms with van der Waals surface area (Å²) in [7, 11) is 0. The third-order valence-corrected chi connectivity index (χ3v) is 3.06. The van der Waals surface area contributed by atoms with Gasteiger partial charge in [-0.1, -0.05) is 53.6 Å². The second kappa shape index (κ2) is 5.63. The van der Waals surface area contributed by atoms with Gasteiger partial charge in [0, 0.05) is 12.0 Å². The number of carbonyl (C=O) groups excluding carboxylic acids is 1. The van der Waals surface area contributed by atoms with E-state index in [1.54, 1.807) is 0 Å². The number of ketones is 1. The van der Waals surface area contributed by atoms with Crippen LogP contribution in [0.15, 0.2) is 48.5 Å². The number of Topliss-reactive ketones (excluding diaryl/α,β-unsaturated/α-hetero) is 1. The molecule has 0 aromatic heterocycles. The Morgan fingerprint density at radius 3 is 2.28 bits per heavy atom. The second-order valence-corrected chi connectivity index (χ2v) is 4.78. The number of hydrogen-bond donors (Lipinski definition) is 0. The van der Waals surface area contributed by atoms with Crippen molar-refractivity contribution < 1.29 is 4.79 Å². The van der Waals surface area contributed by atoms with E-state index in [1.165, 1.54) is 11.1 Å². The fourth-order valence-electron chi connectivity index (χ4n) is 2.09. The van der Waals surface area contributed by atoms with Gasteiger partial charge in [0.2, 0.25) is 0 Å². The third-order valence-electron chi connectivity index (χ3n) is 3.06. The Labute approximate surface area is 108 Å². The lowest BCUT2D eigenvalue weighted by Gasteiger charge is -2.03. The first-order chi connectivity index (χ1) is 8.65. The fraction of sp³-hybridized carbons (Fsp3) is 0.235. The van der Waals surface area contributed by atoms with Gasteiger partial charge in [-0.15, -0.1) is 0 Å². The highest BCUT2D eigenvalue weighted by Gasteiger charge is 2.06. The highest BCUT2D eigenvalue weighted by Crippen LogP contribution is 2.11. The van der Waals surface area contributed by atoms with E-state index < -0.39 is 0 Å². The van der Waals surface area contributed by atoms with Crippen molar-refractivity contribution in [3.8, 4) is 0 Å². The van der Waals surface area contributed by atoms with Crippen molar-refractivity contribution in [2.75, 3.05) is 0 Å². The predicted molar refractivity (Wildman–Crippen MR) is 75.0 cm³/mol. The first-order valence-electron chi connectivity index (χ1n) is 6.30. The number of aryl methyl sites for hydroxylation is 3. The van der Waals surface area contributed by atoms with E-state index in [-0.39, 0.29) is 5.78 Å². The standard InChI is InChI=1S/C17H18O/c1-13-5-3-7-15(11-13)9-10-17(18)16-8-4-6-14(2)12-16/h3-8,11-12H,9-10H2,1-2H3. The first-order valence-corrected chi connectivity index (χ1v) is 6.30. The van der Waals surface area contributed by atoms with Gasteiger partial charge in [0.25, 0.3) is 0 Å². The van der Waals surface area contributed by atoms with Crippen LogP contribution in [0.3, 0.4) is 0 Å². The summed E-state index contributed by atoms with van der Waals surface area (Å²) in [5, 5.41) is 0. The lowest BCUT2D eigenvalue weighted by atomic mass is 10.0. The van der Waals surface area contributed by atoms with Gasteiger partial charge in [0.05, 0.1) is 0 Å². The van der Waals surface area contributed by atoms with Crippen molar-refractivity contribution in [1.82, 2.24) is 0 Å². The lowest BCUT2D eigenvalue weighted by Crippen LogP contribution is -2.01. The Kier molecular flexibility index (Phi) is 3.93. The molecular formula is C17H18O. The van der Waals surface area contributed by atoms with E-state index in [1.807, 2.05) is 37.3 Å². The molecule has 0 atom stereocenters. The van der Waals surface area contributed by atoms with E-state index >= 15 is 0 Å². The van der Waals surface area contributed by atoms with Crippen LogP contribution >= 0.6 is 0 Å². The average Bonchev–Trinajstić information content (AvgIpc) is 2.36. The molecule has 0 unspecified atom stereocenters. The topological polar surface area (TPSA) is 17.1 Å². The highest BCUT2D eigenvalue weighted by molar-refractivity contribution is 5.96. The van der Waals surface area contributed by atoms with Crippen molar-refractivity contribution in [3.05, 3.63) is 70.8 Å². The summed E-state index contributed by atoms with van der Waals surface area (Å²) in [5.74, 6) is 0.222. The Bertz CT molecular complexity index is 555. The molecule has 0 saturated heterocycles. The number of rotatable bonds is 4. The quantitative estimate of drug-likeness (QED) is 0.732. The smallest absolute Gasteiger partial charge is 0.163 e. The molecule has 0 fully saturated rings. The highest BCUT2D eigenvalue weighted by atomic mass is 16.1. The minimum absolute atomic E-state index is 0.222. The van der Waals surface area contributed by atoms with Crippen molar-refractivity contribution in [2.45, 2.75) is 26.7 Å². The zero-order valence-corrected chi connectivity index (χ0v) is 10.9. The molecule has 0 spiro atoms. The van der Waals surface area contributed by atoms with Gasteiger partial charge in [-0.2, -0.15) is 0 Å². The van der Waals surface area contributed by atoms with Crippen LogP contribution in [0, 0.1) is 13.8 Å². The minimum Gasteiger partial charge on any atom is -0.294 e. The molecule has 0 amide bonds. The van der Waals surface area contributed by atoms with Crippen LogP contribution in [-0.2, 0) is 6.42 Å². The van der Waals surface area contributed by atoms with Crippen molar-refractivity contribution in [3.63, 3.8) is 0 Å². The van der Waals surface area contributed by atoms with Crippen LogP contribution in [0.2, 0.25) is 0 Å². The molecule has 0 bridgehead atoms. The van der Waals surface area contributed by atoms with Crippen LogP contribution in [-0.4, -0.2) is 5.78 Å². The van der Waals surface area contributed by atoms with E-state index in [4.69, 9.17) is 0 Å². The summed E-state index contributed by atoms with van der Waals surface area (Å²) < 4.78 is 0. The van der Waals surface area contributed by atoms with Gasteiger partial charge in [-0.05, 0) is 31.9 Å². The maximum atomic E-state index is 12.1. The lowest BCUT2D eigenvalue weighted by molar-refractivity contribution is 0.0982. The summed E-state index contributed by atoms with van der Waals surface area (Å²) in [5.41, 5.74) is 4.44. The van der Waals surface area contributed by atoms with Crippen LogP contribution in [0.4, 0.5) is 0 Å². The first kappa shape index (κ1) is 12.6. The number of benzene rings is 2. The van der Waals surface area contributed by atoms with Gasteiger partial charge < -0.3 is 0 Å². The molecule has 0 aliphatic heterocycles. The van der Waals surface area contributed by atoms with Gasteiger partial charge in [0.15, 0.2) is 5.78 Å². The maximum absolute atomic E-state index is 12.1. The molecule has 2 aromatic carbocycles. The molecule has 0 aliphatic rings. The molecule has 18 heavy (non-hydrogen) atoms. The summed E-state index contributed by atoms with van der Waals surface area (Å²) in [6, 6.07) is 16.1. The molecule has 2 rings (SSSR count). The minimum atomic E-state index is 0.222. The number of hydrogen-bond acceptors (Lipinski definition) is 1. The van der Waals surface area contributed by atoms with Crippen LogP contribution in [0.25, 0.3) is 0 Å². The van der Waals surface area contributed by atoms with Gasteiger partial charge in [-0.3, -0.25) is 4.79 Å². The predicted octanol–water partition coefficient (Wildman–Crippen LogP) is 4.12. The Morgan fingerprint density at radius 1 is 0.944 bits per heavy atom. The monoisotopic (exact) mass is 238 g/mol. The zero-order valence-electron chi connectivity index (χ0n) is 10.9. The average molecular weight is 238 g/mol. The van der Waals surface area contributed by atoms with Gasteiger partial charge in [0.1, 0.15) is 0 Å². The third kappa shape index (κ3) is 3.30. The van der Waals surface area contributed by atoms with Crippen LogP contribution < -0.4 is 0 Å². The van der Waals surface area contributed by atoms with E-state index in [0.717, 1.165) is 17.5 Å². The summed E-state index contributed by atoms with van der Waals surface area (Å²) in [4.78, 5) is 12.1. The molecule has 0 radical (unpaired) electrons. The molecule has 0 N–H and O–H groups in total. The van der Waals surface area contributed by atoms with E-state index in [2.05, 4.69) is 25.1 Å². The van der Waals surface area contributed by atoms with Crippen molar-refractivity contribution in [1.29, 1.82) is 0 Å². The SMILES string of the molecule is Cc1cccc(CCC(=O)c2cccc(C)c2)c1. The second-order valence-electron chi connectivity index (χ2n) is 4.78. The molecule has 0 aliphatic carbocycles. The molecule has 0 heterocycles. The molecular weight excluding hydrogens is 220 g/mol. The molecule has 0 saturated carbocycles. The zero-order chi connectivity index (χ0) is 13.0.